The van der Waals surface area contributed by atoms with E-state index < -0.39 is 0 Å². The van der Waals surface area contributed by atoms with E-state index in [0.717, 1.165) is 16.8 Å². The standard InChI is InChI=1S/C27H25N5O3S/c1-34-23-16-15-21(18-24(23)35-2)26-30-31-27(32(26)22-13-7-4-8-14-22)36-19-25(33)29-28-17-9-12-20-10-5-3-6-11-20/h3-18H,19H2,1-2H3,(H,29,33). The Kier molecular flexibility index (Phi) is 8.50. The third-order valence-corrected chi connectivity index (χ3v) is 5.99. The smallest absolute Gasteiger partial charge is 0.250 e. The minimum atomic E-state index is -0.250. The van der Waals surface area contributed by atoms with Gasteiger partial charge in [0.25, 0.3) is 5.91 Å². The Morgan fingerprint density at radius 1 is 0.972 bits per heavy atom. The van der Waals surface area contributed by atoms with Crippen LogP contribution in [0, 0.1) is 0 Å². The number of carbonyl (C=O) groups is 1. The molecule has 0 spiro atoms. The van der Waals surface area contributed by atoms with Gasteiger partial charge in [0.05, 0.1) is 20.0 Å². The van der Waals surface area contributed by atoms with E-state index in [-0.39, 0.29) is 11.7 Å². The monoisotopic (exact) mass is 499 g/mol. The van der Waals surface area contributed by atoms with Gasteiger partial charge in [0.1, 0.15) is 0 Å². The minimum Gasteiger partial charge on any atom is -0.493 e. The van der Waals surface area contributed by atoms with Crippen LogP contribution in [0.5, 0.6) is 11.5 Å². The van der Waals surface area contributed by atoms with Gasteiger partial charge in [-0.05, 0) is 42.0 Å². The van der Waals surface area contributed by atoms with Gasteiger partial charge in [-0.25, -0.2) is 5.43 Å². The van der Waals surface area contributed by atoms with Crippen molar-refractivity contribution >= 4 is 30.0 Å². The molecule has 0 aliphatic carbocycles. The second kappa shape index (κ2) is 12.4. The number of allylic oxidation sites excluding steroid dienone is 1. The summed E-state index contributed by atoms with van der Waals surface area (Å²) in [6.45, 7) is 0. The summed E-state index contributed by atoms with van der Waals surface area (Å²) >= 11 is 1.27. The molecule has 0 fully saturated rings. The summed E-state index contributed by atoms with van der Waals surface area (Å²) in [5.41, 5.74) is 5.26. The van der Waals surface area contributed by atoms with Crippen LogP contribution in [-0.2, 0) is 4.79 Å². The van der Waals surface area contributed by atoms with Crippen LogP contribution in [0.1, 0.15) is 5.56 Å². The normalized spacial score (nSPS) is 11.2. The summed E-state index contributed by atoms with van der Waals surface area (Å²) in [6, 6.07) is 25.1. The number of amides is 1. The summed E-state index contributed by atoms with van der Waals surface area (Å²) in [5, 5.41) is 13.3. The van der Waals surface area contributed by atoms with E-state index in [1.54, 1.807) is 20.3 Å². The van der Waals surface area contributed by atoms with Crippen LogP contribution in [-0.4, -0.2) is 46.9 Å². The summed E-state index contributed by atoms with van der Waals surface area (Å²) in [7, 11) is 3.18. The van der Waals surface area contributed by atoms with E-state index in [2.05, 4.69) is 20.7 Å². The van der Waals surface area contributed by atoms with Gasteiger partial charge in [0, 0.05) is 17.5 Å². The molecule has 4 aromatic rings. The quantitative estimate of drug-likeness (QED) is 0.190. The molecule has 36 heavy (non-hydrogen) atoms. The van der Waals surface area contributed by atoms with Gasteiger partial charge in [-0.1, -0.05) is 66.4 Å². The second-order valence-electron chi connectivity index (χ2n) is 7.42. The molecular formula is C27H25N5O3S. The lowest BCUT2D eigenvalue weighted by Crippen LogP contribution is -2.19. The highest BCUT2D eigenvalue weighted by atomic mass is 32.2. The fourth-order valence-corrected chi connectivity index (χ4v) is 4.11. The maximum Gasteiger partial charge on any atom is 0.250 e. The van der Waals surface area contributed by atoms with Crippen molar-refractivity contribution in [3.63, 3.8) is 0 Å². The van der Waals surface area contributed by atoms with Crippen LogP contribution in [0.15, 0.2) is 95.2 Å². The Labute approximate surface area is 213 Å². The van der Waals surface area contributed by atoms with Gasteiger partial charge in [0.2, 0.25) is 0 Å². The van der Waals surface area contributed by atoms with Crippen molar-refractivity contribution in [2.45, 2.75) is 5.16 Å². The number of carbonyl (C=O) groups excluding carboxylic acids is 1. The number of thioether (sulfide) groups is 1. The number of ether oxygens (including phenoxy) is 2. The third-order valence-electron chi connectivity index (χ3n) is 5.06. The molecular weight excluding hydrogens is 474 g/mol. The average Bonchev–Trinajstić information content (AvgIpc) is 3.36. The Hall–Kier alpha value is -4.37. The first-order valence-corrected chi connectivity index (χ1v) is 12.1. The van der Waals surface area contributed by atoms with Crippen LogP contribution in [0.4, 0.5) is 0 Å². The molecule has 1 aromatic heterocycles. The number of benzene rings is 3. The molecule has 0 bridgehead atoms. The molecule has 4 rings (SSSR count). The highest BCUT2D eigenvalue weighted by Gasteiger charge is 2.18. The van der Waals surface area contributed by atoms with E-state index in [0.29, 0.717) is 22.5 Å². The Morgan fingerprint density at radius 3 is 2.42 bits per heavy atom. The molecule has 0 saturated carbocycles. The number of hydrogen-bond acceptors (Lipinski definition) is 7. The van der Waals surface area contributed by atoms with E-state index in [9.17, 15) is 4.79 Å². The molecule has 0 aliphatic rings. The number of nitrogens with one attached hydrogen (secondary N) is 1. The molecule has 0 atom stereocenters. The largest absolute Gasteiger partial charge is 0.493 e. The van der Waals surface area contributed by atoms with E-state index in [1.807, 2.05) is 89.5 Å². The molecule has 182 valence electrons. The van der Waals surface area contributed by atoms with E-state index in [4.69, 9.17) is 9.47 Å². The summed E-state index contributed by atoms with van der Waals surface area (Å²) in [5.74, 6) is 1.70. The maximum absolute atomic E-state index is 12.4. The minimum absolute atomic E-state index is 0.122. The van der Waals surface area contributed by atoms with E-state index >= 15 is 0 Å². The Bertz CT molecular complexity index is 1350. The van der Waals surface area contributed by atoms with Crippen molar-refractivity contribution in [1.29, 1.82) is 0 Å². The molecule has 8 nitrogen and oxygen atoms in total. The number of hydrogen-bond donors (Lipinski definition) is 1. The van der Waals surface area contributed by atoms with Crippen molar-refractivity contribution in [2.75, 3.05) is 20.0 Å². The molecule has 3 aromatic carbocycles. The highest BCUT2D eigenvalue weighted by molar-refractivity contribution is 7.99. The molecule has 9 heteroatoms. The van der Waals surface area contributed by atoms with Gasteiger partial charge in [-0.2, -0.15) is 5.10 Å². The fraction of sp³-hybridized carbons (Fsp3) is 0.111. The number of rotatable bonds is 10. The zero-order valence-corrected chi connectivity index (χ0v) is 20.7. The number of nitrogens with zero attached hydrogens (tertiary/aromatic N) is 4. The number of para-hydroxylation sites is 1. The van der Waals surface area contributed by atoms with Crippen molar-refractivity contribution in [1.82, 2.24) is 20.2 Å². The van der Waals surface area contributed by atoms with Gasteiger partial charge in [-0.15, -0.1) is 10.2 Å². The van der Waals surface area contributed by atoms with Gasteiger partial charge in [0.15, 0.2) is 22.5 Å². The van der Waals surface area contributed by atoms with Crippen molar-refractivity contribution in [2.24, 2.45) is 5.10 Å². The maximum atomic E-state index is 12.4. The molecule has 0 radical (unpaired) electrons. The molecule has 0 aliphatic heterocycles. The van der Waals surface area contributed by atoms with Gasteiger partial charge in [-0.3, -0.25) is 9.36 Å². The van der Waals surface area contributed by atoms with Crippen molar-refractivity contribution in [3.05, 3.63) is 90.5 Å². The second-order valence-corrected chi connectivity index (χ2v) is 8.36. The number of aromatic nitrogens is 3. The van der Waals surface area contributed by atoms with Crippen LogP contribution < -0.4 is 14.9 Å². The van der Waals surface area contributed by atoms with Crippen LogP contribution >= 0.6 is 11.8 Å². The predicted molar refractivity (Wildman–Crippen MR) is 143 cm³/mol. The van der Waals surface area contributed by atoms with Gasteiger partial charge < -0.3 is 9.47 Å². The van der Waals surface area contributed by atoms with Crippen LogP contribution in [0.25, 0.3) is 23.2 Å². The fourth-order valence-electron chi connectivity index (χ4n) is 3.37. The zero-order chi connectivity index (χ0) is 25.2. The summed E-state index contributed by atoms with van der Waals surface area (Å²) in [4.78, 5) is 12.4. The average molecular weight is 500 g/mol. The first-order valence-electron chi connectivity index (χ1n) is 11.1. The SMILES string of the molecule is COc1ccc(-c2nnc(SCC(=O)NN=CC=Cc3ccccc3)n2-c2ccccc2)cc1OC. The summed E-state index contributed by atoms with van der Waals surface area (Å²) < 4.78 is 12.7. The molecule has 0 unspecified atom stereocenters. The first-order chi connectivity index (χ1) is 17.7. The van der Waals surface area contributed by atoms with Crippen LogP contribution in [0.3, 0.4) is 0 Å². The molecule has 1 N–H and O–H groups in total. The topological polar surface area (TPSA) is 90.6 Å². The lowest BCUT2D eigenvalue weighted by Gasteiger charge is -2.12. The number of methoxy groups -OCH3 is 2. The Morgan fingerprint density at radius 2 is 1.69 bits per heavy atom. The van der Waals surface area contributed by atoms with Gasteiger partial charge >= 0.3 is 0 Å². The number of hydrazone groups is 1. The predicted octanol–water partition coefficient (Wildman–Crippen LogP) is 4.86. The molecule has 1 heterocycles. The molecule has 1 amide bonds. The van der Waals surface area contributed by atoms with Crippen LogP contribution in [0.2, 0.25) is 0 Å². The first kappa shape index (κ1) is 24.7. The van der Waals surface area contributed by atoms with Crippen molar-refractivity contribution in [3.8, 4) is 28.6 Å². The Balaban J connectivity index is 1.48. The molecule has 0 saturated heterocycles. The third kappa shape index (κ3) is 6.19. The zero-order valence-electron chi connectivity index (χ0n) is 19.9. The lowest BCUT2D eigenvalue weighted by atomic mass is 10.2. The lowest BCUT2D eigenvalue weighted by molar-refractivity contribution is -0.118. The van der Waals surface area contributed by atoms with Crippen molar-refractivity contribution < 1.29 is 14.3 Å². The highest BCUT2D eigenvalue weighted by Crippen LogP contribution is 2.34. The summed E-state index contributed by atoms with van der Waals surface area (Å²) in [6.07, 6.45) is 5.21. The van der Waals surface area contributed by atoms with E-state index in [1.165, 1.54) is 18.0 Å².